The fourth-order valence-electron chi connectivity index (χ4n) is 1.31. The zero-order chi connectivity index (χ0) is 7.40. The van der Waals surface area contributed by atoms with Gasteiger partial charge in [0.1, 0.15) is 0 Å². The molecule has 10 heavy (non-hydrogen) atoms. The molecule has 0 aromatic heterocycles. The summed E-state index contributed by atoms with van der Waals surface area (Å²) < 4.78 is 0. The number of hydrogen-bond donors (Lipinski definition) is 0. The van der Waals surface area contributed by atoms with Crippen LogP contribution in [0.4, 0.5) is 0 Å². The molecule has 0 heterocycles. The summed E-state index contributed by atoms with van der Waals surface area (Å²) in [5, 5.41) is 0. The van der Waals surface area contributed by atoms with E-state index in [-0.39, 0.29) is 0 Å². The lowest BCUT2D eigenvalue weighted by Crippen LogP contribution is -1.89. The van der Waals surface area contributed by atoms with Gasteiger partial charge in [-0.2, -0.15) is 0 Å². The summed E-state index contributed by atoms with van der Waals surface area (Å²) in [6, 6.07) is 0. The van der Waals surface area contributed by atoms with Gasteiger partial charge >= 0.3 is 0 Å². The zero-order valence-corrected chi connectivity index (χ0v) is 6.93. The second kappa shape index (κ2) is 3.60. The Kier molecular flexibility index (Phi) is 2.73. The molecule has 0 radical (unpaired) electrons. The van der Waals surface area contributed by atoms with Crippen LogP contribution >= 0.6 is 0 Å². The van der Waals surface area contributed by atoms with Gasteiger partial charge in [0.15, 0.2) is 0 Å². The lowest BCUT2D eigenvalue weighted by atomic mass is 9.99. The molecule has 0 aliphatic heterocycles. The molecule has 1 aliphatic rings. The highest BCUT2D eigenvalue weighted by molar-refractivity contribution is 5.21. The van der Waals surface area contributed by atoms with Crippen LogP contribution in [-0.2, 0) is 0 Å². The summed E-state index contributed by atoms with van der Waals surface area (Å²) in [5.41, 5.74) is 1.53. The van der Waals surface area contributed by atoms with Gasteiger partial charge in [-0.25, -0.2) is 0 Å². The third-order valence-corrected chi connectivity index (χ3v) is 1.72. The van der Waals surface area contributed by atoms with Crippen LogP contribution in [0.1, 0.15) is 33.1 Å². The molecule has 0 nitrogen and oxygen atoms in total. The molecule has 1 aliphatic carbocycles. The lowest BCUT2D eigenvalue weighted by Gasteiger charge is -2.07. The molecule has 0 amide bonds. The van der Waals surface area contributed by atoms with Crippen LogP contribution in [0.15, 0.2) is 23.8 Å². The fourth-order valence-corrected chi connectivity index (χ4v) is 1.31. The van der Waals surface area contributed by atoms with Crippen molar-refractivity contribution in [3.8, 4) is 0 Å². The van der Waals surface area contributed by atoms with Gasteiger partial charge in [-0.05, 0) is 25.2 Å². The average Bonchev–Trinajstić information content (AvgIpc) is 1.88. The van der Waals surface area contributed by atoms with Crippen LogP contribution in [0.3, 0.4) is 0 Å². The van der Waals surface area contributed by atoms with Crippen LogP contribution < -0.4 is 0 Å². The molecule has 56 valence electrons. The summed E-state index contributed by atoms with van der Waals surface area (Å²) in [4.78, 5) is 0. The molecule has 0 aromatic carbocycles. The van der Waals surface area contributed by atoms with Crippen molar-refractivity contribution in [1.82, 2.24) is 0 Å². The molecule has 0 fully saturated rings. The van der Waals surface area contributed by atoms with E-state index >= 15 is 0 Å². The highest BCUT2D eigenvalue weighted by atomic mass is 14.0. The monoisotopic (exact) mass is 136 g/mol. The van der Waals surface area contributed by atoms with E-state index in [4.69, 9.17) is 0 Å². The Balaban J connectivity index is 2.53. The van der Waals surface area contributed by atoms with Crippen molar-refractivity contribution >= 4 is 0 Å². The first-order valence-electron chi connectivity index (χ1n) is 4.16. The molecule has 0 heteroatoms. The van der Waals surface area contributed by atoms with E-state index in [2.05, 4.69) is 32.1 Å². The van der Waals surface area contributed by atoms with Crippen molar-refractivity contribution in [3.05, 3.63) is 23.8 Å². The number of allylic oxidation sites excluding steroid dienone is 4. The van der Waals surface area contributed by atoms with E-state index in [0.717, 1.165) is 0 Å². The van der Waals surface area contributed by atoms with Gasteiger partial charge in [0.05, 0.1) is 0 Å². The van der Waals surface area contributed by atoms with E-state index in [1.165, 1.54) is 24.8 Å². The van der Waals surface area contributed by atoms with Crippen molar-refractivity contribution < 1.29 is 0 Å². The number of rotatable bonds is 1. The van der Waals surface area contributed by atoms with Crippen LogP contribution in [0.25, 0.3) is 0 Å². The molecule has 1 rings (SSSR count). The van der Waals surface area contributed by atoms with Crippen LogP contribution in [0, 0.1) is 5.92 Å². The second-order valence-corrected chi connectivity index (χ2v) is 3.28. The average molecular weight is 136 g/mol. The Morgan fingerprint density at radius 2 is 2.30 bits per heavy atom. The topological polar surface area (TPSA) is 0 Å². The minimum Gasteiger partial charge on any atom is -0.0843 e. The predicted molar refractivity (Wildman–Crippen MR) is 45.9 cm³/mol. The largest absolute Gasteiger partial charge is 0.0843 e. The fraction of sp³-hybridized carbons (Fsp3) is 0.600. The van der Waals surface area contributed by atoms with Gasteiger partial charge < -0.3 is 0 Å². The maximum Gasteiger partial charge on any atom is -0.0279 e. The van der Waals surface area contributed by atoms with Gasteiger partial charge in [0, 0.05) is 0 Å². The minimum absolute atomic E-state index is 0.706. The SMILES string of the molecule is CC(C)C=C1C=CCCC1. The van der Waals surface area contributed by atoms with E-state index < -0.39 is 0 Å². The van der Waals surface area contributed by atoms with Crippen molar-refractivity contribution in [2.45, 2.75) is 33.1 Å². The predicted octanol–water partition coefficient (Wildman–Crippen LogP) is 3.31. The van der Waals surface area contributed by atoms with Crippen LogP contribution in [-0.4, -0.2) is 0 Å². The first-order chi connectivity index (χ1) is 4.79. The van der Waals surface area contributed by atoms with Crippen molar-refractivity contribution in [3.63, 3.8) is 0 Å². The molecule has 0 saturated carbocycles. The van der Waals surface area contributed by atoms with Gasteiger partial charge in [0.2, 0.25) is 0 Å². The Morgan fingerprint density at radius 3 is 2.80 bits per heavy atom. The van der Waals surface area contributed by atoms with Gasteiger partial charge in [0.25, 0.3) is 0 Å². The second-order valence-electron chi connectivity index (χ2n) is 3.28. The molecule has 0 N–H and O–H groups in total. The highest BCUT2D eigenvalue weighted by Crippen LogP contribution is 2.17. The Hall–Kier alpha value is -0.520. The third-order valence-electron chi connectivity index (χ3n) is 1.72. The maximum atomic E-state index is 2.36. The molecule has 0 spiro atoms. The number of hydrogen-bond acceptors (Lipinski definition) is 0. The van der Waals surface area contributed by atoms with Gasteiger partial charge in [-0.3, -0.25) is 0 Å². The molecule has 0 aromatic rings. The normalized spacial score (nSPS) is 22.5. The smallest absolute Gasteiger partial charge is 0.0279 e. The summed E-state index contributed by atoms with van der Waals surface area (Å²) in [5.74, 6) is 0.706. The first kappa shape index (κ1) is 7.59. The Labute approximate surface area is 63.6 Å². The quantitative estimate of drug-likeness (QED) is 0.518. The molecular weight excluding hydrogens is 120 g/mol. The third kappa shape index (κ3) is 2.38. The highest BCUT2D eigenvalue weighted by Gasteiger charge is 1.98. The van der Waals surface area contributed by atoms with E-state index in [0.29, 0.717) is 5.92 Å². The standard InChI is InChI=1S/C10H16/c1-9(2)8-10-6-4-3-5-7-10/h4,6,8-9H,3,5,7H2,1-2H3. The van der Waals surface area contributed by atoms with Gasteiger partial charge in [-0.15, -0.1) is 0 Å². The summed E-state index contributed by atoms with van der Waals surface area (Å²) >= 11 is 0. The lowest BCUT2D eigenvalue weighted by molar-refractivity contribution is 0.777. The van der Waals surface area contributed by atoms with Crippen molar-refractivity contribution in [2.24, 2.45) is 5.92 Å². The zero-order valence-electron chi connectivity index (χ0n) is 6.93. The van der Waals surface area contributed by atoms with E-state index in [9.17, 15) is 0 Å². The summed E-state index contributed by atoms with van der Waals surface area (Å²) in [6.07, 6.45) is 10.8. The van der Waals surface area contributed by atoms with Crippen molar-refractivity contribution in [2.75, 3.05) is 0 Å². The van der Waals surface area contributed by atoms with Gasteiger partial charge in [-0.1, -0.05) is 37.6 Å². The minimum atomic E-state index is 0.706. The first-order valence-corrected chi connectivity index (χ1v) is 4.16. The maximum absolute atomic E-state index is 2.36. The van der Waals surface area contributed by atoms with Crippen molar-refractivity contribution in [1.29, 1.82) is 0 Å². The molecule has 0 saturated heterocycles. The molecule has 0 unspecified atom stereocenters. The van der Waals surface area contributed by atoms with Crippen LogP contribution in [0.5, 0.6) is 0 Å². The Bertz CT molecular complexity index is 149. The van der Waals surface area contributed by atoms with E-state index in [1.807, 2.05) is 0 Å². The van der Waals surface area contributed by atoms with Crippen LogP contribution in [0.2, 0.25) is 0 Å². The molecular formula is C10H16. The Morgan fingerprint density at radius 1 is 1.50 bits per heavy atom. The summed E-state index contributed by atoms with van der Waals surface area (Å²) in [7, 11) is 0. The van der Waals surface area contributed by atoms with E-state index in [1.54, 1.807) is 0 Å². The molecule has 0 atom stereocenters. The summed E-state index contributed by atoms with van der Waals surface area (Å²) in [6.45, 7) is 4.46. The molecule has 0 bridgehead atoms.